The van der Waals surface area contributed by atoms with E-state index < -0.39 is 0 Å². The molecular formula is C20H13BrClNO3S. The average molecular weight is 463 g/mol. The monoisotopic (exact) mass is 461 g/mol. The topological polar surface area (TPSA) is 46.6 Å². The third-order valence-electron chi connectivity index (χ3n) is 3.72. The summed E-state index contributed by atoms with van der Waals surface area (Å²) in [6, 6.07) is 12.9. The molecule has 0 aromatic heterocycles. The summed E-state index contributed by atoms with van der Waals surface area (Å²) in [5, 5.41) is 0.288. The minimum atomic E-state index is -0.377. The van der Waals surface area contributed by atoms with Crippen molar-refractivity contribution < 1.29 is 14.3 Å². The van der Waals surface area contributed by atoms with Crippen LogP contribution in [-0.4, -0.2) is 22.6 Å². The van der Waals surface area contributed by atoms with Gasteiger partial charge < -0.3 is 4.74 Å². The fourth-order valence-corrected chi connectivity index (χ4v) is 3.91. The van der Waals surface area contributed by atoms with E-state index in [1.165, 1.54) is 0 Å². The van der Waals surface area contributed by atoms with Crippen LogP contribution in [0.4, 0.5) is 4.79 Å². The largest absolute Gasteiger partial charge is 0.488 e. The number of hydrogen-bond acceptors (Lipinski definition) is 4. The average Bonchev–Trinajstić information content (AvgIpc) is 2.90. The van der Waals surface area contributed by atoms with E-state index in [1.807, 2.05) is 36.4 Å². The van der Waals surface area contributed by atoms with Gasteiger partial charge in [0.25, 0.3) is 11.1 Å². The number of hydrogen-bond donors (Lipinski definition) is 0. The van der Waals surface area contributed by atoms with Gasteiger partial charge in [-0.05, 0) is 57.5 Å². The fourth-order valence-electron chi connectivity index (χ4n) is 2.37. The maximum atomic E-state index is 12.2. The van der Waals surface area contributed by atoms with E-state index in [1.54, 1.807) is 12.1 Å². The molecule has 3 rings (SSSR count). The smallest absolute Gasteiger partial charge is 0.294 e. The highest BCUT2D eigenvalue weighted by Crippen LogP contribution is 2.34. The van der Waals surface area contributed by atoms with E-state index in [0.29, 0.717) is 22.3 Å². The predicted molar refractivity (Wildman–Crippen MR) is 111 cm³/mol. The van der Waals surface area contributed by atoms with Crippen LogP contribution >= 0.6 is 39.3 Å². The van der Waals surface area contributed by atoms with Gasteiger partial charge in [-0.1, -0.05) is 41.8 Å². The first-order chi connectivity index (χ1) is 13.0. The van der Waals surface area contributed by atoms with Crippen molar-refractivity contribution in [2.75, 3.05) is 6.54 Å². The highest BCUT2D eigenvalue weighted by Gasteiger charge is 2.34. The van der Waals surface area contributed by atoms with Crippen LogP contribution in [-0.2, 0) is 11.4 Å². The third kappa shape index (κ3) is 4.56. The first-order valence-corrected chi connectivity index (χ1v) is 9.83. The normalized spacial score (nSPS) is 15.3. The van der Waals surface area contributed by atoms with Crippen molar-refractivity contribution in [1.29, 1.82) is 0 Å². The molecule has 1 fully saturated rings. The summed E-state index contributed by atoms with van der Waals surface area (Å²) >= 11 is 10.5. The maximum absolute atomic E-state index is 12.2. The Hall–Kier alpha value is -2.20. The number of imide groups is 1. The molecule has 27 heavy (non-hydrogen) atoms. The van der Waals surface area contributed by atoms with Crippen LogP contribution in [0.2, 0.25) is 5.02 Å². The molecule has 0 saturated carbocycles. The summed E-state index contributed by atoms with van der Waals surface area (Å²) in [7, 11) is 0. The van der Waals surface area contributed by atoms with Crippen LogP contribution in [0.15, 0.2) is 51.8 Å². The minimum Gasteiger partial charge on any atom is -0.488 e. The number of amides is 2. The zero-order chi connectivity index (χ0) is 19.4. The summed E-state index contributed by atoms with van der Waals surface area (Å²) in [4.78, 5) is 25.4. The Morgan fingerprint density at radius 2 is 2.04 bits per heavy atom. The van der Waals surface area contributed by atoms with Gasteiger partial charge in [0.1, 0.15) is 12.4 Å². The zero-order valence-corrected chi connectivity index (χ0v) is 17.1. The number of thioether (sulfide) groups is 1. The first kappa shape index (κ1) is 19.6. The number of rotatable bonds is 5. The van der Waals surface area contributed by atoms with Crippen LogP contribution in [0.1, 0.15) is 11.1 Å². The van der Waals surface area contributed by atoms with Gasteiger partial charge in [0.05, 0.1) is 15.9 Å². The lowest BCUT2D eigenvalue weighted by molar-refractivity contribution is -0.122. The van der Waals surface area contributed by atoms with Gasteiger partial charge in [0.2, 0.25) is 0 Å². The van der Waals surface area contributed by atoms with Crippen LogP contribution in [0, 0.1) is 12.3 Å². The Balaban J connectivity index is 1.74. The fraction of sp³-hybridized carbons (Fsp3) is 0.100. The lowest BCUT2D eigenvalue weighted by atomic mass is 10.2. The molecular weight excluding hydrogens is 450 g/mol. The van der Waals surface area contributed by atoms with Gasteiger partial charge in [-0.3, -0.25) is 14.5 Å². The molecule has 0 unspecified atom stereocenters. The Morgan fingerprint density at radius 1 is 1.26 bits per heavy atom. The van der Waals surface area contributed by atoms with Gasteiger partial charge in [-0.15, -0.1) is 6.42 Å². The second-order valence-corrected chi connectivity index (χ2v) is 7.80. The van der Waals surface area contributed by atoms with Gasteiger partial charge in [-0.2, -0.15) is 0 Å². The number of benzene rings is 2. The molecule has 0 bridgehead atoms. The Bertz CT molecular complexity index is 983. The second kappa shape index (κ2) is 8.66. The Kier molecular flexibility index (Phi) is 6.27. The number of ether oxygens (including phenoxy) is 1. The van der Waals surface area contributed by atoms with Crippen LogP contribution < -0.4 is 4.74 Å². The molecule has 2 amide bonds. The third-order valence-corrected chi connectivity index (χ3v) is 5.61. The molecule has 1 heterocycles. The molecule has 1 saturated heterocycles. The summed E-state index contributed by atoms with van der Waals surface area (Å²) < 4.78 is 6.54. The van der Waals surface area contributed by atoms with Crippen molar-refractivity contribution in [3.63, 3.8) is 0 Å². The number of carbonyl (C=O) groups excluding carboxylic acids is 2. The lowest BCUT2D eigenvalue weighted by Crippen LogP contribution is -2.28. The highest BCUT2D eigenvalue weighted by atomic mass is 79.9. The molecule has 1 aliphatic rings. The summed E-state index contributed by atoms with van der Waals surface area (Å²) in [6.07, 6.45) is 6.85. The van der Waals surface area contributed by atoms with Crippen molar-refractivity contribution in [2.45, 2.75) is 6.61 Å². The molecule has 2 aromatic carbocycles. The number of carbonyl (C=O) groups is 2. The molecule has 7 heteroatoms. The highest BCUT2D eigenvalue weighted by molar-refractivity contribution is 9.10. The lowest BCUT2D eigenvalue weighted by Gasteiger charge is -2.10. The molecule has 136 valence electrons. The van der Waals surface area contributed by atoms with E-state index in [0.717, 1.165) is 32.3 Å². The number of nitrogens with zero attached hydrogens (tertiary/aromatic N) is 1. The molecule has 2 aromatic rings. The van der Waals surface area contributed by atoms with Gasteiger partial charge in [0, 0.05) is 10.6 Å². The number of halogens is 2. The SMILES string of the molecule is C#CCN1C(=O)S/C(=C/c2ccc(OCc3ccccc3Cl)c(Br)c2)C1=O. The Labute approximate surface area is 174 Å². The maximum Gasteiger partial charge on any atom is 0.294 e. The van der Waals surface area contributed by atoms with Crippen LogP contribution in [0.25, 0.3) is 6.08 Å². The summed E-state index contributed by atoms with van der Waals surface area (Å²) in [6.45, 7) is 0.309. The van der Waals surface area contributed by atoms with Crippen molar-refractivity contribution in [3.05, 3.63) is 68.0 Å². The first-order valence-electron chi connectivity index (χ1n) is 7.84. The standard InChI is InChI=1S/C20H13BrClNO3S/c1-2-9-23-19(24)18(27-20(23)25)11-13-7-8-17(15(21)10-13)26-12-14-5-3-4-6-16(14)22/h1,3-8,10-11H,9,12H2/b18-11+. The molecule has 0 atom stereocenters. The Morgan fingerprint density at radius 3 is 2.74 bits per heavy atom. The van der Waals surface area contributed by atoms with Gasteiger partial charge in [0.15, 0.2) is 0 Å². The van der Waals surface area contributed by atoms with Gasteiger partial charge in [-0.25, -0.2) is 0 Å². The number of terminal acetylenes is 1. The van der Waals surface area contributed by atoms with E-state index >= 15 is 0 Å². The zero-order valence-electron chi connectivity index (χ0n) is 13.9. The van der Waals surface area contributed by atoms with Crippen molar-refractivity contribution in [3.8, 4) is 18.1 Å². The quantitative estimate of drug-likeness (QED) is 0.444. The van der Waals surface area contributed by atoms with Gasteiger partial charge >= 0.3 is 0 Å². The summed E-state index contributed by atoms with van der Waals surface area (Å²) in [5.41, 5.74) is 1.65. The second-order valence-electron chi connectivity index (χ2n) is 5.54. The predicted octanol–water partition coefficient (Wildman–Crippen LogP) is 5.35. The van der Waals surface area contributed by atoms with E-state index in [4.69, 9.17) is 22.8 Å². The molecule has 1 aliphatic heterocycles. The minimum absolute atomic E-state index is 0.0273. The van der Waals surface area contributed by atoms with Crippen molar-refractivity contribution >= 4 is 56.5 Å². The van der Waals surface area contributed by atoms with E-state index in [-0.39, 0.29) is 17.7 Å². The summed E-state index contributed by atoms with van der Waals surface area (Å²) in [5.74, 6) is 2.58. The van der Waals surface area contributed by atoms with Crippen molar-refractivity contribution in [1.82, 2.24) is 4.90 Å². The van der Waals surface area contributed by atoms with Crippen molar-refractivity contribution in [2.24, 2.45) is 0 Å². The molecule has 4 nitrogen and oxygen atoms in total. The van der Waals surface area contributed by atoms with Crippen LogP contribution in [0.3, 0.4) is 0 Å². The van der Waals surface area contributed by atoms with E-state index in [9.17, 15) is 9.59 Å². The molecule has 0 aliphatic carbocycles. The molecule has 0 radical (unpaired) electrons. The van der Waals surface area contributed by atoms with E-state index in [2.05, 4.69) is 21.9 Å². The molecule has 0 spiro atoms. The van der Waals surface area contributed by atoms with Crippen LogP contribution in [0.5, 0.6) is 5.75 Å². The molecule has 0 N–H and O–H groups in total.